The first kappa shape index (κ1) is 10.3. The normalized spacial score (nSPS) is 11.6. The highest BCUT2D eigenvalue weighted by Crippen LogP contribution is 2.23. The molecule has 0 saturated heterocycles. The number of ether oxygens (including phenoxy) is 1. The fourth-order valence-corrected chi connectivity index (χ4v) is 1.11. The van der Waals surface area contributed by atoms with Gasteiger partial charge in [-0.05, 0) is 17.2 Å². The molecule has 0 aromatic heterocycles. The van der Waals surface area contributed by atoms with E-state index < -0.39 is 11.9 Å². The summed E-state index contributed by atoms with van der Waals surface area (Å²) in [6.45, 7) is 1.63. The number of hydrogen-bond acceptors (Lipinski definition) is 2. The number of nitrogens with zero attached hydrogens (tertiary/aromatic N) is 3. The second-order valence-electron chi connectivity index (χ2n) is 2.77. The minimum atomic E-state index is -0.508. The van der Waals surface area contributed by atoms with Gasteiger partial charge in [0.2, 0.25) is 0 Å². The SMILES string of the molecule is COc1ccc([C@@H](C)N=[N+]=[N-])c(F)c1. The van der Waals surface area contributed by atoms with Crippen LogP contribution < -0.4 is 4.74 Å². The summed E-state index contributed by atoms with van der Waals surface area (Å²) in [4.78, 5) is 2.62. The molecule has 0 fully saturated rings. The van der Waals surface area contributed by atoms with Crippen molar-refractivity contribution in [2.75, 3.05) is 7.11 Å². The van der Waals surface area contributed by atoms with Crippen molar-refractivity contribution in [3.05, 3.63) is 40.0 Å². The molecule has 1 aromatic rings. The maximum Gasteiger partial charge on any atom is 0.130 e. The van der Waals surface area contributed by atoms with E-state index in [1.54, 1.807) is 19.1 Å². The molecule has 5 heteroatoms. The summed E-state index contributed by atoms with van der Waals surface area (Å²) in [6.07, 6.45) is 0. The number of azide groups is 1. The summed E-state index contributed by atoms with van der Waals surface area (Å²) in [7, 11) is 1.46. The monoisotopic (exact) mass is 195 g/mol. The van der Waals surface area contributed by atoms with E-state index >= 15 is 0 Å². The van der Waals surface area contributed by atoms with Gasteiger partial charge in [0.05, 0.1) is 13.2 Å². The molecule has 4 nitrogen and oxygen atoms in total. The van der Waals surface area contributed by atoms with Gasteiger partial charge in [-0.2, -0.15) is 0 Å². The summed E-state index contributed by atoms with van der Waals surface area (Å²) < 4.78 is 18.2. The van der Waals surface area contributed by atoms with Gasteiger partial charge in [0.25, 0.3) is 0 Å². The molecule has 1 rings (SSSR count). The van der Waals surface area contributed by atoms with Crippen molar-refractivity contribution < 1.29 is 9.13 Å². The van der Waals surface area contributed by atoms with Gasteiger partial charge >= 0.3 is 0 Å². The zero-order chi connectivity index (χ0) is 10.6. The Morgan fingerprint density at radius 3 is 2.79 bits per heavy atom. The lowest BCUT2D eigenvalue weighted by Crippen LogP contribution is -1.94. The fourth-order valence-electron chi connectivity index (χ4n) is 1.11. The van der Waals surface area contributed by atoms with Gasteiger partial charge in [-0.1, -0.05) is 18.1 Å². The van der Waals surface area contributed by atoms with Crippen LogP contribution in [-0.4, -0.2) is 7.11 Å². The molecule has 0 saturated carbocycles. The second kappa shape index (κ2) is 4.48. The lowest BCUT2D eigenvalue weighted by Gasteiger charge is -2.07. The number of rotatable bonds is 3. The van der Waals surface area contributed by atoms with E-state index in [1.807, 2.05) is 0 Å². The van der Waals surface area contributed by atoms with Gasteiger partial charge in [0, 0.05) is 11.0 Å². The molecule has 0 radical (unpaired) electrons. The van der Waals surface area contributed by atoms with E-state index in [2.05, 4.69) is 10.0 Å². The third-order valence-electron chi connectivity index (χ3n) is 1.88. The molecule has 0 aliphatic carbocycles. The highest BCUT2D eigenvalue weighted by atomic mass is 19.1. The van der Waals surface area contributed by atoms with E-state index in [1.165, 1.54) is 13.2 Å². The van der Waals surface area contributed by atoms with Gasteiger partial charge in [-0.15, -0.1) is 0 Å². The van der Waals surface area contributed by atoms with Crippen LogP contribution in [0.1, 0.15) is 18.5 Å². The van der Waals surface area contributed by atoms with Crippen molar-refractivity contribution in [2.24, 2.45) is 5.11 Å². The molecule has 0 bridgehead atoms. The minimum absolute atomic E-state index is 0.364. The Hall–Kier alpha value is -1.74. The Bertz CT molecular complexity index is 374. The standard InChI is InChI=1S/C9H10FN3O/c1-6(12-13-11)8-4-3-7(14-2)5-9(8)10/h3-6H,1-2H3/t6-/m1/s1. The Morgan fingerprint density at radius 1 is 1.57 bits per heavy atom. The molecule has 1 atom stereocenters. The highest BCUT2D eigenvalue weighted by Gasteiger charge is 2.09. The van der Waals surface area contributed by atoms with Crippen molar-refractivity contribution in [2.45, 2.75) is 13.0 Å². The number of halogens is 1. The van der Waals surface area contributed by atoms with E-state index in [4.69, 9.17) is 10.3 Å². The smallest absolute Gasteiger partial charge is 0.130 e. The van der Waals surface area contributed by atoms with Crippen molar-refractivity contribution in [1.82, 2.24) is 0 Å². The summed E-state index contributed by atoms with van der Waals surface area (Å²) in [5, 5.41) is 3.41. The van der Waals surface area contributed by atoms with Crippen LogP contribution in [0.15, 0.2) is 23.3 Å². The number of methoxy groups -OCH3 is 1. The summed E-state index contributed by atoms with van der Waals surface area (Å²) in [5.74, 6) is 0.0173. The predicted molar refractivity (Wildman–Crippen MR) is 50.5 cm³/mol. The van der Waals surface area contributed by atoms with Crippen LogP contribution in [0.3, 0.4) is 0 Å². The molecule has 0 spiro atoms. The lowest BCUT2D eigenvalue weighted by molar-refractivity contribution is 0.410. The van der Waals surface area contributed by atoms with Crippen molar-refractivity contribution >= 4 is 0 Å². The zero-order valence-electron chi connectivity index (χ0n) is 7.94. The van der Waals surface area contributed by atoms with Crippen LogP contribution in [0.25, 0.3) is 10.4 Å². The van der Waals surface area contributed by atoms with E-state index in [0.717, 1.165) is 0 Å². The molecule has 14 heavy (non-hydrogen) atoms. The molecule has 0 aliphatic rings. The third kappa shape index (κ3) is 2.14. The minimum Gasteiger partial charge on any atom is -0.497 e. The van der Waals surface area contributed by atoms with E-state index in [0.29, 0.717) is 11.3 Å². The van der Waals surface area contributed by atoms with Crippen LogP contribution >= 0.6 is 0 Å². The molecule has 0 aliphatic heterocycles. The van der Waals surface area contributed by atoms with Gasteiger partial charge in [-0.25, -0.2) is 4.39 Å². The van der Waals surface area contributed by atoms with E-state index in [9.17, 15) is 4.39 Å². The fraction of sp³-hybridized carbons (Fsp3) is 0.333. The van der Waals surface area contributed by atoms with Crippen molar-refractivity contribution in [3.8, 4) is 5.75 Å². The van der Waals surface area contributed by atoms with Gasteiger partial charge in [0.1, 0.15) is 11.6 Å². The van der Waals surface area contributed by atoms with Crippen LogP contribution in [0.5, 0.6) is 5.75 Å². The second-order valence-corrected chi connectivity index (χ2v) is 2.77. The molecule has 1 aromatic carbocycles. The van der Waals surface area contributed by atoms with E-state index in [-0.39, 0.29) is 0 Å². The Labute approximate surface area is 80.9 Å². The molecule has 0 heterocycles. The first-order chi connectivity index (χ1) is 6.69. The quantitative estimate of drug-likeness (QED) is 0.415. The predicted octanol–water partition coefficient (Wildman–Crippen LogP) is 3.21. The molecule has 74 valence electrons. The number of hydrogen-bond donors (Lipinski definition) is 0. The highest BCUT2D eigenvalue weighted by molar-refractivity contribution is 5.30. The van der Waals surface area contributed by atoms with Crippen molar-refractivity contribution in [1.29, 1.82) is 0 Å². The summed E-state index contributed by atoms with van der Waals surface area (Å²) in [5.41, 5.74) is 8.57. The van der Waals surface area contributed by atoms with Gasteiger partial charge in [0.15, 0.2) is 0 Å². The van der Waals surface area contributed by atoms with Crippen LogP contribution in [-0.2, 0) is 0 Å². The average molecular weight is 195 g/mol. The molecular formula is C9H10FN3O. The first-order valence-electron chi connectivity index (χ1n) is 4.06. The molecular weight excluding hydrogens is 185 g/mol. The maximum atomic E-state index is 13.3. The maximum absolute atomic E-state index is 13.3. The summed E-state index contributed by atoms with van der Waals surface area (Å²) in [6, 6.07) is 3.93. The van der Waals surface area contributed by atoms with Crippen LogP contribution in [0, 0.1) is 5.82 Å². The van der Waals surface area contributed by atoms with Crippen LogP contribution in [0.4, 0.5) is 4.39 Å². The largest absolute Gasteiger partial charge is 0.497 e. The molecule has 0 N–H and O–H groups in total. The number of benzene rings is 1. The van der Waals surface area contributed by atoms with Crippen molar-refractivity contribution in [3.63, 3.8) is 0 Å². The van der Waals surface area contributed by atoms with Gasteiger partial charge < -0.3 is 4.74 Å². The molecule has 0 unspecified atom stereocenters. The Morgan fingerprint density at radius 2 is 2.29 bits per heavy atom. The third-order valence-corrected chi connectivity index (χ3v) is 1.88. The van der Waals surface area contributed by atoms with Crippen LogP contribution in [0.2, 0.25) is 0 Å². The average Bonchev–Trinajstić information content (AvgIpc) is 2.17. The Kier molecular flexibility index (Phi) is 3.31. The molecule has 0 amide bonds. The lowest BCUT2D eigenvalue weighted by atomic mass is 10.1. The zero-order valence-corrected chi connectivity index (χ0v) is 7.94. The topological polar surface area (TPSA) is 58.0 Å². The van der Waals surface area contributed by atoms with Gasteiger partial charge in [-0.3, -0.25) is 0 Å². The summed E-state index contributed by atoms with van der Waals surface area (Å²) >= 11 is 0. The Balaban J connectivity index is 3.05. The first-order valence-corrected chi connectivity index (χ1v) is 4.06.